The lowest BCUT2D eigenvalue weighted by molar-refractivity contribution is -0.141. The first-order valence-electron chi connectivity index (χ1n) is 5.62. The summed E-state index contributed by atoms with van der Waals surface area (Å²) in [5, 5.41) is 0. The smallest absolute Gasteiger partial charge is 0.251 e. The predicted molar refractivity (Wildman–Crippen MR) is 68.5 cm³/mol. The number of benzene rings is 1. The van der Waals surface area contributed by atoms with E-state index in [9.17, 15) is 4.79 Å². The summed E-state index contributed by atoms with van der Waals surface area (Å²) in [5.74, 6) is -0.0394. The lowest BCUT2D eigenvalue weighted by Crippen LogP contribution is -2.37. The molecule has 2 N–H and O–H groups in total. The summed E-state index contributed by atoms with van der Waals surface area (Å²) in [6.45, 7) is 3.71. The van der Waals surface area contributed by atoms with Crippen molar-refractivity contribution in [3.8, 4) is 0 Å². The van der Waals surface area contributed by atoms with Crippen LogP contribution in [0.3, 0.4) is 0 Å². The SMILES string of the molecule is COC(C)C(=O)N(C)C(C)c1cccc(N)c1. The summed E-state index contributed by atoms with van der Waals surface area (Å²) in [4.78, 5) is 13.6. The van der Waals surface area contributed by atoms with E-state index in [1.807, 2.05) is 31.2 Å². The molecule has 0 fully saturated rings. The van der Waals surface area contributed by atoms with Gasteiger partial charge < -0.3 is 15.4 Å². The van der Waals surface area contributed by atoms with Crippen LogP contribution in [0.15, 0.2) is 24.3 Å². The zero-order chi connectivity index (χ0) is 13.0. The monoisotopic (exact) mass is 236 g/mol. The van der Waals surface area contributed by atoms with Gasteiger partial charge in [-0.2, -0.15) is 0 Å². The van der Waals surface area contributed by atoms with Crippen molar-refractivity contribution in [2.45, 2.75) is 26.0 Å². The first-order chi connectivity index (χ1) is 7.97. The Morgan fingerprint density at radius 3 is 2.59 bits per heavy atom. The van der Waals surface area contributed by atoms with Crippen LogP contribution >= 0.6 is 0 Å². The Morgan fingerprint density at radius 2 is 2.06 bits per heavy atom. The van der Waals surface area contributed by atoms with E-state index in [0.29, 0.717) is 5.69 Å². The number of likely N-dealkylation sites (N-methyl/N-ethyl adjacent to an activating group) is 1. The van der Waals surface area contributed by atoms with Gasteiger partial charge in [-0.3, -0.25) is 4.79 Å². The van der Waals surface area contributed by atoms with Crippen LogP contribution in [-0.2, 0) is 9.53 Å². The van der Waals surface area contributed by atoms with E-state index in [1.54, 1.807) is 18.9 Å². The molecule has 0 saturated heterocycles. The minimum absolute atomic E-state index is 0.0244. The third kappa shape index (κ3) is 3.20. The number of carbonyl (C=O) groups is 1. The molecule has 0 aliphatic rings. The van der Waals surface area contributed by atoms with Gasteiger partial charge in [-0.25, -0.2) is 0 Å². The van der Waals surface area contributed by atoms with E-state index in [4.69, 9.17) is 10.5 Å². The number of ether oxygens (including phenoxy) is 1. The molecule has 1 aromatic rings. The van der Waals surface area contributed by atoms with Gasteiger partial charge >= 0.3 is 0 Å². The summed E-state index contributed by atoms with van der Waals surface area (Å²) in [6, 6.07) is 7.53. The number of nitrogen functional groups attached to an aromatic ring is 1. The molecular formula is C13H20N2O2. The van der Waals surface area contributed by atoms with Gasteiger partial charge in [-0.1, -0.05) is 12.1 Å². The van der Waals surface area contributed by atoms with E-state index in [1.165, 1.54) is 7.11 Å². The highest BCUT2D eigenvalue weighted by atomic mass is 16.5. The second-order valence-corrected chi connectivity index (χ2v) is 4.17. The molecule has 1 aromatic carbocycles. The van der Waals surface area contributed by atoms with Crippen LogP contribution in [0.4, 0.5) is 5.69 Å². The van der Waals surface area contributed by atoms with Crippen molar-refractivity contribution in [2.75, 3.05) is 19.9 Å². The fourth-order valence-corrected chi connectivity index (χ4v) is 1.62. The molecule has 1 amide bonds. The molecule has 4 heteroatoms. The molecule has 0 heterocycles. The minimum Gasteiger partial charge on any atom is -0.399 e. The van der Waals surface area contributed by atoms with Crippen molar-refractivity contribution < 1.29 is 9.53 Å². The van der Waals surface area contributed by atoms with Crippen LogP contribution < -0.4 is 5.73 Å². The van der Waals surface area contributed by atoms with Gasteiger partial charge in [0.2, 0.25) is 0 Å². The predicted octanol–water partition coefficient (Wildman–Crippen LogP) is 1.82. The second-order valence-electron chi connectivity index (χ2n) is 4.17. The topological polar surface area (TPSA) is 55.6 Å². The first kappa shape index (κ1) is 13.5. The second kappa shape index (κ2) is 5.68. The van der Waals surface area contributed by atoms with Gasteiger partial charge in [-0.05, 0) is 31.5 Å². The van der Waals surface area contributed by atoms with Gasteiger partial charge in [0.25, 0.3) is 5.91 Å². The molecule has 0 spiro atoms. The first-order valence-corrected chi connectivity index (χ1v) is 5.62. The molecule has 94 valence electrons. The van der Waals surface area contributed by atoms with E-state index in [-0.39, 0.29) is 11.9 Å². The van der Waals surface area contributed by atoms with Crippen molar-refractivity contribution in [1.82, 2.24) is 4.90 Å². The van der Waals surface area contributed by atoms with Crippen molar-refractivity contribution in [3.05, 3.63) is 29.8 Å². The maximum atomic E-state index is 11.9. The average molecular weight is 236 g/mol. The quantitative estimate of drug-likeness (QED) is 0.811. The van der Waals surface area contributed by atoms with Gasteiger partial charge in [0.1, 0.15) is 6.10 Å². The van der Waals surface area contributed by atoms with Crippen LogP contribution in [0.2, 0.25) is 0 Å². The molecule has 2 atom stereocenters. The van der Waals surface area contributed by atoms with E-state index in [0.717, 1.165) is 5.56 Å². The maximum absolute atomic E-state index is 11.9. The number of anilines is 1. The number of rotatable bonds is 4. The van der Waals surface area contributed by atoms with E-state index in [2.05, 4.69) is 0 Å². The fraction of sp³-hybridized carbons (Fsp3) is 0.462. The number of carbonyl (C=O) groups excluding carboxylic acids is 1. The van der Waals surface area contributed by atoms with E-state index >= 15 is 0 Å². The number of nitrogens with zero attached hydrogens (tertiary/aromatic N) is 1. The van der Waals surface area contributed by atoms with Crippen molar-refractivity contribution >= 4 is 11.6 Å². The minimum atomic E-state index is -0.427. The van der Waals surface area contributed by atoms with Gasteiger partial charge in [0.05, 0.1) is 6.04 Å². The zero-order valence-corrected chi connectivity index (χ0v) is 10.8. The lowest BCUT2D eigenvalue weighted by Gasteiger charge is -2.27. The summed E-state index contributed by atoms with van der Waals surface area (Å²) < 4.78 is 5.03. The number of methoxy groups -OCH3 is 1. The molecule has 17 heavy (non-hydrogen) atoms. The van der Waals surface area contributed by atoms with Crippen LogP contribution in [0.5, 0.6) is 0 Å². The molecule has 0 bridgehead atoms. The molecule has 2 unspecified atom stereocenters. The highest BCUT2D eigenvalue weighted by Crippen LogP contribution is 2.21. The number of hydrogen-bond acceptors (Lipinski definition) is 3. The average Bonchev–Trinajstić information content (AvgIpc) is 2.35. The Labute approximate surface area is 102 Å². The molecule has 0 aliphatic heterocycles. The number of nitrogens with two attached hydrogens (primary N) is 1. The Balaban J connectivity index is 2.82. The largest absolute Gasteiger partial charge is 0.399 e. The molecule has 0 saturated carbocycles. The molecule has 0 radical (unpaired) electrons. The van der Waals surface area contributed by atoms with Crippen LogP contribution in [0.1, 0.15) is 25.5 Å². The van der Waals surface area contributed by atoms with Crippen molar-refractivity contribution in [1.29, 1.82) is 0 Å². The molecule has 1 rings (SSSR count). The Morgan fingerprint density at radius 1 is 1.41 bits per heavy atom. The van der Waals surface area contributed by atoms with Crippen molar-refractivity contribution in [2.24, 2.45) is 0 Å². The van der Waals surface area contributed by atoms with Crippen LogP contribution in [0.25, 0.3) is 0 Å². The third-order valence-corrected chi connectivity index (χ3v) is 3.02. The number of hydrogen-bond donors (Lipinski definition) is 1. The fourth-order valence-electron chi connectivity index (χ4n) is 1.62. The molecule has 4 nitrogen and oxygen atoms in total. The summed E-state index contributed by atoms with van der Waals surface area (Å²) in [5.41, 5.74) is 7.45. The van der Waals surface area contributed by atoms with Crippen LogP contribution in [0, 0.1) is 0 Å². The van der Waals surface area contributed by atoms with Crippen molar-refractivity contribution in [3.63, 3.8) is 0 Å². The number of amides is 1. The van der Waals surface area contributed by atoms with Gasteiger partial charge in [0.15, 0.2) is 0 Å². The Bertz CT molecular complexity index is 393. The van der Waals surface area contributed by atoms with Crippen LogP contribution in [-0.4, -0.2) is 31.1 Å². The van der Waals surface area contributed by atoms with Gasteiger partial charge in [0, 0.05) is 19.8 Å². The summed E-state index contributed by atoms with van der Waals surface area (Å²) >= 11 is 0. The maximum Gasteiger partial charge on any atom is 0.251 e. The highest BCUT2D eigenvalue weighted by Gasteiger charge is 2.22. The van der Waals surface area contributed by atoms with Gasteiger partial charge in [-0.15, -0.1) is 0 Å². The van der Waals surface area contributed by atoms with E-state index < -0.39 is 6.10 Å². The third-order valence-electron chi connectivity index (χ3n) is 3.02. The summed E-state index contributed by atoms with van der Waals surface area (Å²) in [7, 11) is 3.30. The Hall–Kier alpha value is -1.55. The Kier molecular flexibility index (Phi) is 4.52. The molecular weight excluding hydrogens is 216 g/mol. The summed E-state index contributed by atoms with van der Waals surface area (Å²) in [6.07, 6.45) is -0.427. The lowest BCUT2D eigenvalue weighted by atomic mass is 10.1. The molecule has 0 aliphatic carbocycles. The molecule has 0 aromatic heterocycles. The highest BCUT2D eigenvalue weighted by molar-refractivity contribution is 5.80. The zero-order valence-electron chi connectivity index (χ0n) is 10.8. The standard InChI is InChI=1S/C13H20N2O2/c1-9(11-6-5-7-12(14)8-11)15(3)13(16)10(2)17-4/h5-10H,14H2,1-4H3. The normalized spacial score (nSPS) is 14.1.